The number of benzene rings is 3. The molecule has 1 aliphatic rings. The Kier molecular flexibility index (Phi) is 6.59. The number of ether oxygens (including phenoxy) is 2. The molecule has 1 aliphatic heterocycles. The van der Waals surface area contributed by atoms with E-state index in [0.717, 1.165) is 11.1 Å². The van der Waals surface area contributed by atoms with Gasteiger partial charge in [0, 0.05) is 5.70 Å². The number of carbonyl (C=O) groups excluding carboxylic acids is 2. The molecule has 168 valence electrons. The van der Waals surface area contributed by atoms with Gasteiger partial charge >= 0.3 is 6.03 Å². The van der Waals surface area contributed by atoms with E-state index in [1.54, 1.807) is 26.2 Å². The number of rotatable bonds is 7. The molecular weight excluding hydrogens is 418 g/mol. The van der Waals surface area contributed by atoms with Gasteiger partial charge < -0.3 is 25.4 Å². The van der Waals surface area contributed by atoms with Crippen LogP contribution >= 0.6 is 0 Å². The molecule has 0 fully saturated rings. The summed E-state index contributed by atoms with van der Waals surface area (Å²) in [6, 6.07) is 23.4. The Labute approximate surface area is 192 Å². The molecule has 0 bridgehead atoms. The van der Waals surface area contributed by atoms with Crippen LogP contribution < -0.4 is 25.4 Å². The molecule has 0 aromatic heterocycles. The van der Waals surface area contributed by atoms with Crippen LogP contribution in [0, 0.1) is 0 Å². The normalized spacial score (nSPS) is 15.3. The fraction of sp³-hybridized carbons (Fsp3) is 0.154. The lowest BCUT2D eigenvalue weighted by atomic mass is 9.94. The summed E-state index contributed by atoms with van der Waals surface area (Å²) in [4.78, 5) is 25.4. The van der Waals surface area contributed by atoms with E-state index in [4.69, 9.17) is 9.47 Å². The molecule has 1 atom stereocenters. The van der Waals surface area contributed by atoms with Crippen LogP contribution in [0.3, 0.4) is 0 Å². The first-order valence-corrected chi connectivity index (χ1v) is 10.5. The first-order valence-electron chi connectivity index (χ1n) is 10.5. The summed E-state index contributed by atoms with van der Waals surface area (Å²) in [6.07, 6.45) is 0. The second kappa shape index (κ2) is 9.91. The van der Waals surface area contributed by atoms with Gasteiger partial charge in [-0.1, -0.05) is 54.6 Å². The molecule has 1 heterocycles. The zero-order chi connectivity index (χ0) is 23.2. The van der Waals surface area contributed by atoms with E-state index in [9.17, 15) is 9.59 Å². The lowest BCUT2D eigenvalue weighted by Crippen LogP contribution is -2.45. The van der Waals surface area contributed by atoms with Gasteiger partial charge in [-0.05, 0) is 42.3 Å². The number of anilines is 1. The SMILES string of the molecule is COc1ccccc1NC(=O)C1=C(C)NC(=O)N[C@H]1c1ccc(OCc2ccccc2)cc1. The van der Waals surface area contributed by atoms with Gasteiger partial charge in [0.1, 0.15) is 18.1 Å². The van der Waals surface area contributed by atoms with E-state index in [2.05, 4.69) is 16.0 Å². The molecule has 7 heteroatoms. The molecule has 3 aromatic rings. The number of hydrogen-bond donors (Lipinski definition) is 3. The van der Waals surface area contributed by atoms with Gasteiger partial charge in [-0.2, -0.15) is 0 Å². The van der Waals surface area contributed by atoms with Crippen LogP contribution in [0.15, 0.2) is 90.1 Å². The maximum Gasteiger partial charge on any atom is 0.319 e. The number of nitrogens with one attached hydrogen (secondary N) is 3. The zero-order valence-electron chi connectivity index (χ0n) is 18.4. The number of allylic oxidation sites excluding steroid dienone is 1. The van der Waals surface area contributed by atoms with Gasteiger partial charge in [0.15, 0.2) is 0 Å². The average molecular weight is 444 g/mol. The van der Waals surface area contributed by atoms with Crippen LogP contribution in [0.1, 0.15) is 24.1 Å². The Bertz CT molecular complexity index is 1170. The van der Waals surface area contributed by atoms with Crippen molar-refractivity contribution in [2.75, 3.05) is 12.4 Å². The fourth-order valence-electron chi connectivity index (χ4n) is 3.68. The second-order valence-corrected chi connectivity index (χ2v) is 7.57. The number of carbonyl (C=O) groups is 2. The third-order valence-corrected chi connectivity index (χ3v) is 5.33. The number of urea groups is 1. The van der Waals surface area contributed by atoms with Crippen molar-refractivity contribution >= 4 is 17.6 Å². The van der Waals surface area contributed by atoms with Crippen molar-refractivity contribution in [1.29, 1.82) is 0 Å². The monoisotopic (exact) mass is 443 g/mol. The van der Waals surface area contributed by atoms with Gasteiger partial charge in [-0.15, -0.1) is 0 Å². The Morgan fingerprint density at radius 3 is 2.39 bits per heavy atom. The Balaban J connectivity index is 1.54. The maximum absolute atomic E-state index is 13.2. The van der Waals surface area contributed by atoms with E-state index < -0.39 is 6.04 Å². The summed E-state index contributed by atoms with van der Waals surface area (Å²) in [7, 11) is 1.54. The van der Waals surface area contributed by atoms with Crippen molar-refractivity contribution in [3.05, 3.63) is 101 Å². The Hall–Kier alpha value is -4.26. The van der Waals surface area contributed by atoms with Gasteiger partial charge in [0.05, 0.1) is 24.4 Å². The van der Waals surface area contributed by atoms with E-state index in [1.165, 1.54) is 0 Å². The lowest BCUT2D eigenvalue weighted by Gasteiger charge is -2.29. The van der Waals surface area contributed by atoms with Crippen LogP contribution in [0.4, 0.5) is 10.5 Å². The third kappa shape index (κ3) is 5.15. The third-order valence-electron chi connectivity index (χ3n) is 5.33. The first-order chi connectivity index (χ1) is 16.0. The van der Waals surface area contributed by atoms with Crippen LogP contribution in [-0.4, -0.2) is 19.0 Å². The van der Waals surface area contributed by atoms with Crippen molar-refractivity contribution in [1.82, 2.24) is 10.6 Å². The Morgan fingerprint density at radius 1 is 0.970 bits per heavy atom. The predicted molar refractivity (Wildman–Crippen MR) is 126 cm³/mol. The zero-order valence-corrected chi connectivity index (χ0v) is 18.4. The van der Waals surface area contributed by atoms with E-state index >= 15 is 0 Å². The molecular formula is C26H25N3O4. The van der Waals surface area contributed by atoms with Crippen molar-refractivity contribution in [2.45, 2.75) is 19.6 Å². The summed E-state index contributed by atoms with van der Waals surface area (Å²) in [6.45, 7) is 2.16. The number of methoxy groups -OCH3 is 1. The molecule has 0 unspecified atom stereocenters. The van der Waals surface area contributed by atoms with E-state index in [0.29, 0.717) is 35.1 Å². The van der Waals surface area contributed by atoms with E-state index in [-0.39, 0.29) is 11.9 Å². The summed E-state index contributed by atoms with van der Waals surface area (Å²) in [5.41, 5.74) is 3.28. The lowest BCUT2D eigenvalue weighted by molar-refractivity contribution is -0.113. The predicted octanol–water partition coefficient (Wildman–Crippen LogP) is 4.54. The molecule has 0 saturated heterocycles. The molecule has 7 nitrogen and oxygen atoms in total. The summed E-state index contributed by atoms with van der Waals surface area (Å²) in [5, 5.41) is 8.42. The molecule has 0 radical (unpaired) electrons. The highest BCUT2D eigenvalue weighted by molar-refractivity contribution is 6.07. The van der Waals surface area contributed by atoms with Gasteiger partial charge in [0.2, 0.25) is 0 Å². The highest BCUT2D eigenvalue weighted by Crippen LogP contribution is 2.31. The summed E-state index contributed by atoms with van der Waals surface area (Å²) in [5.74, 6) is 0.913. The highest BCUT2D eigenvalue weighted by atomic mass is 16.5. The topological polar surface area (TPSA) is 88.7 Å². The molecule has 3 aromatic carbocycles. The molecule has 0 spiro atoms. The molecule has 4 rings (SSSR count). The van der Waals surface area contributed by atoms with Crippen molar-refractivity contribution in [3.63, 3.8) is 0 Å². The minimum Gasteiger partial charge on any atom is -0.495 e. The molecule has 3 amide bonds. The quantitative estimate of drug-likeness (QED) is 0.500. The summed E-state index contributed by atoms with van der Waals surface area (Å²) >= 11 is 0. The Morgan fingerprint density at radius 2 is 1.67 bits per heavy atom. The molecule has 3 N–H and O–H groups in total. The van der Waals surface area contributed by atoms with E-state index in [1.807, 2.05) is 66.7 Å². The molecule has 0 aliphatic carbocycles. The van der Waals surface area contributed by atoms with Crippen LogP contribution in [0.25, 0.3) is 0 Å². The van der Waals surface area contributed by atoms with Crippen molar-refractivity contribution < 1.29 is 19.1 Å². The van der Waals surface area contributed by atoms with Crippen LogP contribution in [0.5, 0.6) is 11.5 Å². The fourth-order valence-corrected chi connectivity index (χ4v) is 3.68. The van der Waals surface area contributed by atoms with Gasteiger partial charge in [-0.25, -0.2) is 4.79 Å². The maximum atomic E-state index is 13.2. The highest BCUT2D eigenvalue weighted by Gasteiger charge is 2.31. The minimum absolute atomic E-state index is 0.334. The van der Waals surface area contributed by atoms with Gasteiger partial charge in [0.25, 0.3) is 5.91 Å². The standard InChI is InChI=1S/C26H25N3O4/c1-17-23(25(30)28-21-10-6-7-11-22(21)32-2)24(29-26(31)27-17)19-12-14-20(15-13-19)33-16-18-8-4-3-5-9-18/h3-15,24H,16H2,1-2H3,(H,28,30)(H2,27,29,31)/t24-/m0/s1. The average Bonchev–Trinajstić information content (AvgIpc) is 2.83. The largest absolute Gasteiger partial charge is 0.495 e. The van der Waals surface area contributed by atoms with Crippen LogP contribution in [0.2, 0.25) is 0 Å². The molecule has 33 heavy (non-hydrogen) atoms. The summed E-state index contributed by atoms with van der Waals surface area (Å²) < 4.78 is 11.2. The molecule has 0 saturated carbocycles. The van der Waals surface area contributed by atoms with Crippen LogP contribution in [-0.2, 0) is 11.4 Å². The first kappa shape index (κ1) is 22.0. The number of hydrogen-bond acceptors (Lipinski definition) is 4. The van der Waals surface area contributed by atoms with Crippen molar-refractivity contribution in [2.24, 2.45) is 0 Å². The smallest absolute Gasteiger partial charge is 0.319 e. The minimum atomic E-state index is -0.614. The second-order valence-electron chi connectivity index (χ2n) is 7.57. The number of para-hydroxylation sites is 2. The van der Waals surface area contributed by atoms with Crippen molar-refractivity contribution in [3.8, 4) is 11.5 Å². The number of amides is 3. The van der Waals surface area contributed by atoms with Gasteiger partial charge in [-0.3, -0.25) is 4.79 Å².